The van der Waals surface area contributed by atoms with Gasteiger partial charge in [0, 0.05) is 25.7 Å². The van der Waals surface area contributed by atoms with E-state index in [9.17, 15) is 0 Å². The third kappa shape index (κ3) is 3.71. The molecule has 0 fully saturated rings. The standard InChI is InChI=1S/C12H17NO/c1-10(14-2)8-12(13)9-11-6-4-3-5-7-11/h3-7,10,13H,8-9H2,1-2H3. The molecule has 2 nitrogen and oxygen atoms in total. The summed E-state index contributed by atoms with van der Waals surface area (Å²) < 4.78 is 5.12. The second-order valence-electron chi connectivity index (χ2n) is 3.52. The van der Waals surface area contributed by atoms with Crippen LogP contribution in [0.15, 0.2) is 30.3 Å². The Kier molecular flexibility index (Phi) is 4.33. The molecule has 76 valence electrons. The average Bonchev–Trinajstić information content (AvgIpc) is 2.19. The van der Waals surface area contributed by atoms with Crippen LogP contribution in [0.1, 0.15) is 18.9 Å². The molecular formula is C12H17NO. The van der Waals surface area contributed by atoms with Gasteiger partial charge in [-0.1, -0.05) is 30.3 Å². The minimum atomic E-state index is 0.145. The summed E-state index contributed by atoms with van der Waals surface area (Å²) in [7, 11) is 1.68. The van der Waals surface area contributed by atoms with Crippen molar-refractivity contribution in [3.05, 3.63) is 35.9 Å². The summed E-state index contributed by atoms with van der Waals surface area (Å²) in [6.45, 7) is 1.99. The van der Waals surface area contributed by atoms with E-state index >= 15 is 0 Å². The van der Waals surface area contributed by atoms with E-state index in [4.69, 9.17) is 10.1 Å². The van der Waals surface area contributed by atoms with E-state index in [1.54, 1.807) is 7.11 Å². The molecule has 0 radical (unpaired) electrons. The lowest BCUT2D eigenvalue weighted by Gasteiger charge is -2.10. The molecule has 0 aliphatic heterocycles. The molecule has 0 spiro atoms. The first-order valence-electron chi connectivity index (χ1n) is 4.85. The zero-order chi connectivity index (χ0) is 10.4. The maximum absolute atomic E-state index is 7.78. The summed E-state index contributed by atoms with van der Waals surface area (Å²) in [6.07, 6.45) is 1.59. The van der Waals surface area contributed by atoms with E-state index in [2.05, 4.69) is 0 Å². The van der Waals surface area contributed by atoms with Gasteiger partial charge in [0.2, 0.25) is 0 Å². The van der Waals surface area contributed by atoms with Gasteiger partial charge in [0.05, 0.1) is 6.10 Å². The lowest BCUT2D eigenvalue weighted by atomic mass is 10.0. The molecule has 0 aliphatic rings. The highest BCUT2D eigenvalue weighted by Crippen LogP contribution is 2.05. The Morgan fingerprint density at radius 2 is 2.00 bits per heavy atom. The lowest BCUT2D eigenvalue weighted by Crippen LogP contribution is -2.13. The predicted molar refractivity (Wildman–Crippen MR) is 59.0 cm³/mol. The molecule has 0 heterocycles. The number of methoxy groups -OCH3 is 1. The van der Waals surface area contributed by atoms with E-state index < -0.39 is 0 Å². The molecule has 0 bridgehead atoms. The zero-order valence-electron chi connectivity index (χ0n) is 8.79. The van der Waals surface area contributed by atoms with Crippen LogP contribution in [-0.2, 0) is 11.2 Å². The van der Waals surface area contributed by atoms with Crippen LogP contribution in [0, 0.1) is 5.41 Å². The summed E-state index contributed by atoms with van der Waals surface area (Å²) in [5.41, 5.74) is 1.92. The maximum Gasteiger partial charge on any atom is 0.0595 e. The third-order valence-electron chi connectivity index (χ3n) is 2.20. The van der Waals surface area contributed by atoms with Crippen LogP contribution in [0.2, 0.25) is 0 Å². The highest BCUT2D eigenvalue weighted by Gasteiger charge is 2.04. The van der Waals surface area contributed by atoms with Gasteiger partial charge >= 0.3 is 0 Å². The topological polar surface area (TPSA) is 33.1 Å². The fourth-order valence-electron chi connectivity index (χ4n) is 1.34. The SMILES string of the molecule is COC(C)CC(=N)Cc1ccccc1. The molecule has 14 heavy (non-hydrogen) atoms. The first-order valence-corrected chi connectivity index (χ1v) is 4.85. The predicted octanol–water partition coefficient (Wildman–Crippen LogP) is 2.67. The van der Waals surface area contributed by atoms with Crippen LogP contribution >= 0.6 is 0 Å². The van der Waals surface area contributed by atoms with Gasteiger partial charge in [-0.15, -0.1) is 0 Å². The molecule has 1 atom stereocenters. The first kappa shape index (κ1) is 10.9. The quantitative estimate of drug-likeness (QED) is 0.713. The van der Waals surface area contributed by atoms with Crippen LogP contribution < -0.4 is 0 Å². The summed E-state index contributed by atoms with van der Waals surface area (Å²) in [6, 6.07) is 10.1. The molecule has 0 saturated carbocycles. The monoisotopic (exact) mass is 191 g/mol. The molecule has 1 rings (SSSR count). The number of rotatable bonds is 5. The number of hydrogen-bond donors (Lipinski definition) is 1. The van der Waals surface area contributed by atoms with Crippen LogP contribution in [-0.4, -0.2) is 18.9 Å². The summed E-state index contributed by atoms with van der Waals surface area (Å²) in [5.74, 6) is 0. The lowest BCUT2D eigenvalue weighted by molar-refractivity contribution is 0.124. The Morgan fingerprint density at radius 3 is 2.57 bits per heavy atom. The van der Waals surface area contributed by atoms with Crippen LogP contribution in [0.4, 0.5) is 0 Å². The molecule has 2 heteroatoms. The van der Waals surface area contributed by atoms with Crippen molar-refractivity contribution in [1.29, 1.82) is 5.41 Å². The zero-order valence-corrected chi connectivity index (χ0v) is 8.79. The summed E-state index contributed by atoms with van der Waals surface area (Å²) in [5, 5.41) is 7.78. The van der Waals surface area contributed by atoms with Crippen LogP contribution in [0.25, 0.3) is 0 Å². The Bertz CT molecular complexity index is 282. The summed E-state index contributed by atoms with van der Waals surface area (Å²) >= 11 is 0. The van der Waals surface area contributed by atoms with Crippen molar-refractivity contribution in [3.8, 4) is 0 Å². The highest BCUT2D eigenvalue weighted by molar-refractivity contribution is 5.83. The second kappa shape index (κ2) is 5.55. The Morgan fingerprint density at radius 1 is 1.36 bits per heavy atom. The van der Waals surface area contributed by atoms with Crippen molar-refractivity contribution < 1.29 is 4.74 Å². The van der Waals surface area contributed by atoms with Gasteiger partial charge in [-0.2, -0.15) is 0 Å². The van der Waals surface area contributed by atoms with Crippen molar-refractivity contribution >= 4 is 5.71 Å². The van der Waals surface area contributed by atoms with Crippen molar-refractivity contribution in [2.45, 2.75) is 25.9 Å². The van der Waals surface area contributed by atoms with Crippen molar-refractivity contribution in [1.82, 2.24) is 0 Å². The molecule has 1 aromatic carbocycles. The van der Waals surface area contributed by atoms with Gasteiger partial charge in [0.1, 0.15) is 0 Å². The van der Waals surface area contributed by atoms with E-state index in [0.717, 1.165) is 12.1 Å². The first-order chi connectivity index (χ1) is 6.72. The van der Waals surface area contributed by atoms with Crippen LogP contribution in [0.3, 0.4) is 0 Å². The molecule has 0 aliphatic carbocycles. The minimum Gasteiger partial charge on any atom is -0.381 e. The van der Waals surface area contributed by atoms with Gasteiger partial charge in [0.15, 0.2) is 0 Å². The van der Waals surface area contributed by atoms with Crippen molar-refractivity contribution in [2.75, 3.05) is 7.11 Å². The maximum atomic E-state index is 7.78. The van der Waals surface area contributed by atoms with Gasteiger partial charge in [-0.25, -0.2) is 0 Å². The highest BCUT2D eigenvalue weighted by atomic mass is 16.5. The van der Waals surface area contributed by atoms with Gasteiger partial charge < -0.3 is 10.1 Å². The molecule has 1 N–H and O–H groups in total. The number of hydrogen-bond acceptors (Lipinski definition) is 2. The molecule has 1 aromatic rings. The molecule has 0 saturated heterocycles. The smallest absolute Gasteiger partial charge is 0.0595 e. The van der Waals surface area contributed by atoms with Gasteiger partial charge in [0.25, 0.3) is 0 Å². The van der Waals surface area contributed by atoms with Gasteiger partial charge in [-0.05, 0) is 12.5 Å². The van der Waals surface area contributed by atoms with Gasteiger partial charge in [-0.3, -0.25) is 0 Å². The van der Waals surface area contributed by atoms with E-state index in [0.29, 0.717) is 6.42 Å². The average molecular weight is 191 g/mol. The Balaban J connectivity index is 2.42. The largest absolute Gasteiger partial charge is 0.381 e. The Labute approximate surface area is 85.4 Å². The van der Waals surface area contributed by atoms with E-state index in [1.807, 2.05) is 37.3 Å². The number of nitrogens with one attached hydrogen (secondary N) is 1. The molecular weight excluding hydrogens is 174 g/mol. The van der Waals surface area contributed by atoms with E-state index in [-0.39, 0.29) is 6.10 Å². The van der Waals surface area contributed by atoms with Crippen molar-refractivity contribution in [3.63, 3.8) is 0 Å². The molecule has 0 aromatic heterocycles. The van der Waals surface area contributed by atoms with E-state index in [1.165, 1.54) is 5.56 Å². The number of benzene rings is 1. The Hall–Kier alpha value is -1.15. The normalized spacial score (nSPS) is 12.4. The third-order valence-corrected chi connectivity index (χ3v) is 2.20. The fraction of sp³-hybridized carbons (Fsp3) is 0.417. The molecule has 1 unspecified atom stereocenters. The summed E-state index contributed by atoms with van der Waals surface area (Å²) in [4.78, 5) is 0. The van der Waals surface area contributed by atoms with Crippen LogP contribution in [0.5, 0.6) is 0 Å². The second-order valence-corrected chi connectivity index (χ2v) is 3.52. The fourth-order valence-corrected chi connectivity index (χ4v) is 1.34. The minimum absolute atomic E-state index is 0.145. The van der Waals surface area contributed by atoms with Crippen molar-refractivity contribution in [2.24, 2.45) is 0 Å². The number of ether oxygens (including phenoxy) is 1. The molecule has 0 amide bonds.